The van der Waals surface area contributed by atoms with Crippen LogP contribution in [0.2, 0.25) is 0 Å². The number of benzene rings is 1. The van der Waals surface area contributed by atoms with E-state index in [9.17, 15) is 10.1 Å². The lowest BCUT2D eigenvalue weighted by molar-refractivity contribution is -0.384. The molecule has 11 heteroatoms. The molecule has 0 radical (unpaired) electrons. The molecule has 160 valence electrons. The predicted octanol–water partition coefficient (Wildman–Crippen LogP) is 3.75. The molecule has 0 saturated carbocycles. The highest BCUT2D eigenvalue weighted by atomic mass is 127. The van der Waals surface area contributed by atoms with E-state index >= 15 is 0 Å². The van der Waals surface area contributed by atoms with Crippen LogP contribution in [0.25, 0.3) is 5.65 Å². The average molecular weight is 549 g/mol. The molecule has 0 unspecified atom stereocenters. The number of guanidine groups is 1. The van der Waals surface area contributed by atoms with Crippen molar-refractivity contribution in [3.8, 4) is 0 Å². The first-order valence-electron chi connectivity index (χ1n) is 9.25. The number of fused-ring (bicyclic) bond motifs is 1. The van der Waals surface area contributed by atoms with Gasteiger partial charge in [0.1, 0.15) is 0 Å². The Kier molecular flexibility index (Phi) is 7.89. The lowest BCUT2D eigenvalue weighted by Gasteiger charge is -2.11. The molecule has 0 saturated heterocycles. The Labute approximate surface area is 199 Å². The molecule has 1 aromatic carbocycles. The number of pyridine rings is 1. The minimum absolute atomic E-state index is 0. The van der Waals surface area contributed by atoms with Gasteiger partial charge in [0.15, 0.2) is 17.4 Å². The third-order valence-corrected chi connectivity index (χ3v) is 5.25. The van der Waals surface area contributed by atoms with Crippen molar-refractivity contribution >= 4 is 52.6 Å². The summed E-state index contributed by atoms with van der Waals surface area (Å²) in [6.07, 6.45) is 1.92. The highest BCUT2D eigenvalue weighted by molar-refractivity contribution is 14.0. The number of rotatable bonds is 7. The number of hydrogen-bond acceptors (Lipinski definition) is 6. The van der Waals surface area contributed by atoms with Crippen LogP contribution < -0.4 is 10.6 Å². The average Bonchev–Trinajstić information content (AvgIpc) is 3.43. The van der Waals surface area contributed by atoms with Gasteiger partial charge >= 0.3 is 0 Å². The van der Waals surface area contributed by atoms with E-state index in [0.29, 0.717) is 25.6 Å². The number of aromatic nitrogens is 3. The Morgan fingerprint density at radius 1 is 1.06 bits per heavy atom. The van der Waals surface area contributed by atoms with E-state index in [0.717, 1.165) is 17.0 Å². The van der Waals surface area contributed by atoms with Gasteiger partial charge in [0, 0.05) is 23.2 Å². The van der Waals surface area contributed by atoms with E-state index < -0.39 is 4.92 Å². The Balaban J connectivity index is 0.00000272. The van der Waals surface area contributed by atoms with Crippen LogP contribution in [0.4, 0.5) is 5.69 Å². The maximum Gasteiger partial charge on any atom is 0.269 e. The van der Waals surface area contributed by atoms with Crippen molar-refractivity contribution in [3.63, 3.8) is 0 Å². The lowest BCUT2D eigenvalue weighted by Crippen LogP contribution is -2.36. The second-order valence-electron chi connectivity index (χ2n) is 6.42. The van der Waals surface area contributed by atoms with Crippen molar-refractivity contribution in [2.75, 3.05) is 0 Å². The molecule has 0 spiro atoms. The smallest absolute Gasteiger partial charge is 0.269 e. The Morgan fingerprint density at radius 3 is 2.61 bits per heavy atom. The SMILES string of the molecule is I.O=[N+]([O-])c1ccc(CN=C(NCc2cccs2)NCc2nnc3ccccn23)cc1. The van der Waals surface area contributed by atoms with Gasteiger partial charge in [0.05, 0.1) is 24.6 Å². The molecule has 0 bridgehead atoms. The van der Waals surface area contributed by atoms with Crippen LogP contribution in [-0.2, 0) is 19.6 Å². The van der Waals surface area contributed by atoms with Gasteiger partial charge in [-0.25, -0.2) is 4.99 Å². The first kappa shape index (κ1) is 22.6. The third kappa shape index (κ3) is 5.98. The zero-order valence-corrected chi connectivity index (χ0v) is 19.5. The van der Waals surface area contributed by atoms with Gasteiger partial charge in [-0.15, -0.1) is 45.5 Å². The van der Waals surface area contributed by atoms with E-state index in [4.69, 9.17) is 0 Å². The summed E-state index contributed by atoms with van der Waals surface area (Å²) in [4.78, 5) is 16.2. The van der Waals surface area contributed by atoms with Crippen LogP contribution in [0.3, 0.4) is 0 Å². The van der Waals surface area contributed by atoms with Gasteiger partial charge in [0.2, 0.25) is 0 Å². The van der Waals surface area contributed by atoms with Crippen LogP contribution in [-0.4, -0.2) is 25.5 Å². The normalized spacial score (nSPS) is 11.2. The minimum atomic E-state index is -0.411. The van der Waals surface area contributed by atoms with Gasteiger partial charge in [-0.05, 0) is 29.1 Å². The molecular weight excluding hydrogens is 529 g/mol. The molecule has 0 aliphatic rings. The van der Waals surface area contributed by atoms with Crippen molar-refractivity contribution in [1.82, 2.24) is 25.2 Å². The number of hydrogen-bond donors (Lipinski definition) is 2. The van der Waals surface area contributed by atoms with E-state index in [1.807, 2.05) is 40.2 Å². The van der Waals surface area contributed by atoms with Crippen LogP contribution >= 0.6 is 35.3 Å². The maximum absolute atomic E-state index is 10.8. The predicted molar refractivity (Wildman–Crippen MR) is 131 cm³/mol. The molecule has 4 rings (SSSR count). The minimum Gasteiger partial charge on any atom is -0.351 e. The van der Waals surface area contributed by atoms with Gasteiger partial charge in [-0.2, -0.15) is 0 Å². The number of nitrogens with zero attached hydrogens (tertiary/aromatic N) is 5. The summed E-state index contributed by atoms with van der Waals surface area (Å²) in [5.41, 5.74) is 1.73. The second kappa shape index (κ2) is 10.8. The molecule has 0 amide bonds. The van der Waals surface area contributed by atoms with Crippen LogP contribution in [0.5, 0.6) is 0 Å². The molecule has 0 aliphatic heterocycles. The van der Waals surface area contributed by atoms with Crippen LogP contribution in [0.15, 0.2) is 71.2 Å². The standard InChI is InChI=1S/C20H19N7O2S.HI/c28-27(29)16-8-6-15(7-9-16)12-21-20(22-13-17-4-3-11-30-17)23-14-19-25-24-18-5-1-2-10-26(18)19;/h1-11H,12-14H2,(H2,21,22,23);1H. The fourth-order valence-electron chi connectivity index (χ4n) is 2.83. The monoisotopic (exact) mass is 549 g/mol. The lowest BCUT2D eigenvalue weighted by atomic mass is 10.2. The van der Waals surface area contributed by atoms with Crippen LogP contribution in [0, 0.1) is 10.1 Å². The van der Waals surface area contributed by atoms with Crippen LogP contribution in [0.1, 0.15) is 16.3 Å². The summed E-state index contributed by atoms with van der Waals surface area (Å²) in [6.45, 7) is 1.48. The van der Waals surface area contributed by atoms with Gasteiger partial charge in [-0.1, -0.05) is 24.3 Å². The van der Waals surface area contributed by atoms with E-state index in [1.54, 1.807) is 23.5 Å². The van der Waals surface area contributed by atoms with Gasteiger partial charge in [0.25, 0.3) is 5.69 Å². The van der Waals surface area contributed by atoms with Crippen molar-refractivity contribution in [3.05, 3.63) is 92.6 Å². The number of aliphatic imine (C=N–C) groups is 1. The van der Waals surface area contributed by atoms with E-state index in [2.05, 4.69) is 31.9 Å². The summed E-state index contributed by atoms with van der Waals surface area (Å²) >= 11 is 1.67. The summed E-state index contributed by atoms with van der Waals surface area (Å²) in [5, 5.41) is 27.8. The fraction of sp³-hybridized carbons (Fsp3) is 0.150. The topological polar surface area (TPSA) is 110 Å². The number of nitro benzene ring substituents is 1. The van der Waals surface area contributed by atoms with Gasteiger partial charge in [-0.3, -0.25) is 14.5 Å². The van der Waals surface area contributed by atoms with Crippen molar-refractivity contribution in [2.45, 2.75) is 19.6 Å². The number of nitro groups is 1. The zero-order valence-electron chi connectivity index (χ0n) is 16.3. The largest absolute Gasteiger partial charge is 0.351 e. The quantitative estimate of drug-likeness (QED) is 0.120. The Hall–Kier alpha value is -3.06. The summed E-state index contributed by atoms with van der Waals surface area (Å²) < 4.78 is 1.92. The van der Waals surface area contributed by atoms with Crippen molar-refractivity contribution in [1.29, 1.82) is 0 Å². The fourth-order valence-corrected chi connectivity index (χ4v) is 3.47. The first-order valence-corrected chi connectivity index (χ1v) is 10.1. The second-order valence-corrected chi connectivity index (χ2v) is 7.45. The van der Waals surface area contributed by atoms with E-state index in [-0.39, 0.29) is 29.7 Å². The summed E-state index contributed by atoms with van der Waals surface area (Å²) in [6, 6.07) is 16.2. The van der Waals surface area contributed by atoms with Crippen molar-refractivity contribution < 1.29 is 4.92 Å². The molecule has 0 atom stereocenters. The third-order valence-electron chi connectivity index (χ3n) is 4.38. The molecule has 3 heterocycles. The summed E-state index contributed by atoms with van der Waals surface area (Å²) in [7, 11) is 0. The zero-order chi connectivity index (χ0) is 20.8. The molecule has 0 fully saturated rings. The molecule has 0 aliphatic carbocycles. The van der Waals surface area contributed by atoms with Gasteiger partial charge < -0.3 is 10.6 Å². The Morgan fingerprint density at radius 2 is 1.87 bits per heavy atom. The molecule has 31 heavy (non-hydrogen) atoms. The molecular formula is C20H20IN7O2S. The first-order chi connectivity index (χ1) is 14.7. The molecule has 2 N–H and O–H groups in total. The molecule has 4 aromatic rings. The number of thiophene rings is 1. The number of non-ortho nitro benzene ring substituents is 1. The highest BCUT2D eigenvalue weighted by Gasteiger charge is 2.07. The number of nitrogens with one attached hydrogen (secondary N) is 2. The number of halogens is 1. The van der Waals surface area contributed by atoms with Crippen molar-refractivity contribution in [2.24, 2.45) is 4.99 Å². The highest BCUT2D eigenvalue weighted by Crippen LogP contribution is 2.13. The van der Waals surface area contributed by atoms with E-state index in [1.165, 1.54) is 17.0 Å². The Bertz CT molecular complexity index is 1160. The molecule has 9 nitrogen and oxygen atoms in total. The maximum atomic E-state index is 10.8. The molecule has 3 aromatic heterocycles. The summed E-state index contributed by atoms with van der Waals surface area (Å²) in [5.74, 6) is 1.39.